The maximum atomic E-state index is 13.7. The van der Waals surface area contributed by atoms with Crippen LogP contribution < -0.4 is 5.32 Å². The van der Waals surface area contributed by atoms with Gasteiger partial charge in [-0.05, 0) is 24.3 Å². The number of aromatic nitrogens is 3. The zero-order chi connectivity index (χ0) is 15.5. The van der Waals surface area contributed by atoms with Gasteiger partial charge in [0.25, 0.3) is 0 Å². The summed E-state index contributed by atoms with van der Waals surface area (Å²) in [6.07, 6.45) is 1.59. The number of benzene rings is 1. The number of halogens is 3. The molecule has 0 bridgehead atoms. The van der Waals surface area contributed by atoms with E-state index in [1.54, 1.807) is 24.4 Å². The molecule has 0 spiro atoms. The van der Waals surface area contributed by atoms with Crippen molar-refractivity contribution < 1.29 is 8.78 Å². The van der Waals surface area contributed by atoms with Gasteiger partial charge in [0, 0.05) is 12.3 Å². The highest BCUT2D eigenvalue weighted by Crippen LogP contribution is 2.25. The molecule has 0 atom stereocenters. The molecule has 0 aliphatic rings. The maximum Gasteiger partial charge on any atom is 0.181 e. The highest BCUT2D eigenvalue weighted by Gasteiger charge is 2.12. The van der Waals surface area contributed by atoms with Crippen LogP contribution in [0.5, 0.6) is 0 Å². The van der Waals surface area contributed by atoms with Crippen molar-refractivity contribution in [2.75, 3.05) is 5.32 Å². The van der Waals surface area contributed by atoms with Crippen molar-refractivity contribution in [3.63, 3.8) is 0 Å². The lowest BCUT2D eigenvalue weighted by Gasteiger charge is -2.09. The molecule has 0 saturated heterocycles. The molecule has 0 aliphatic heterocycles. The molecule has 0 amide bonds. The molecule has 0 fully saturated rings. The van der Waals surface area contributed by atoms with E-state index in [4.69, 9.17) is 11.6 Å². The van der Waals surface area contributed by atoms with E-state index in [0.717, 1.165) is 12.1 Å². The minimum Gasteiger partial charge on any atom is -0.335 e. The summed E-state index contributed by atoms with van der Waals surface area (Å²) in [4.78, 5) is 12.3. The number of pyridine rings is 1. The average Bonchev–Trinajstić information content (AvgIpc) is 2.51. The Balaban J connectivity index is 2.00. The standard InChI is InChI=1S/C15H9ClF2N4/c16-12-8-13(21-14-9(17)4-3-5-10(14)18)22-15(20-12)11-6-1-2-7-19-11/h1-8H,(H,20,21,22). The maximum absolute atomic E-state index is 13.7. The number of hydrogen-bond acceptors (Lipinski definition) is 4. The largest absolute Gasteiger partial charge is 0.335 e. The second-order valence-corrected chi connectivity index (χ2v) is 4.72. The normalized spacial score (nSPS) is 10.5. The van der Waals surface area contributed by atoms with Gasteiger partial charge >= 0.3 is 0 Å². The summed E-state index contributed by atoms with van der Waals surface area (Å²) < 4.78 is 27.3. The highest BCUT2D eigenvalue weighted by molar-refractivity contribution is 6.29. The van der Waals surface area contributed by atoms with E-state index in [9.17, 15) is 8.78 Å². The number of nitrogens with one attached hydrogen (secondary N) is 1. The Hall–Kier alpha value is -2.60. The molecule has 0 unspecified atom stereocenters. The molecule has 3 aromatic rings. The van der Waals surface area contributed by atoms with Crippen LogP contribution in [0, 0.1) is 11.6 Å². The Bertz CT molecular complexity index is 792. The van der Waals surface area contributed by atoms with Crippen molar-refractivity contribution >= 4 is 23.1 Å². The van der Waals surface area contributed by atoms with Gasteiger partial charge in [-0.3, -0.25) is 4.98 Å². The predicted octanol–water partition coefficient (Wildman–Crippen LogP) is 4.21. The number of hydrogen-bond donors (Lipinski definition) is 1. The molecular weight excluding hydrogens is 310 g/mol. The predicted molar refractivity (Wildman–Crippen MR) is 79.9 cm³/mol. The third-order valence-electron chi connectivity index (χ3n) is 2.80. The minimum absolute atomic E-state index is 0.134. The van der Waals surface area contributed by atoms with Crippen LogP contribution in [0.4, 0.5) is 20.3 Å². The first-order valence-electron chi connectivity index (χ1n) is 6.30. The number of anilines is 2. The fourth-order valence-electron chi connectivity index (χ4n) is 1.84. The molecule has 4 nitrogen and oxygen atoms in total. The molecule has 0 aliphatic carbocycles. The lowest BCUT2D eigenvalue weighted by molar-refractivity contribution is 0.590. The highest BCUT2D eigenvalue weighted by atomic mass is 35.5. The summed E-state index contributed by atoms with van der Waals surface area (Å²) in [6.45, 7) is 0. The van der Waals surface area contributed by atoms with Crippen molar-refractivity contribution in [3.8, 4) is 11.5 Å². The molecule has 0 saturated carbocycles. The minimum atomic E-state index is -0.728. The molecule has 110 valence electrons. The zero-order valence-electron chi connectivity index (χ0n) is 11.1. The van der Waals surface area contributed by atoms with Gasteiger partial charge < -0.3 is 5.32 Å². The van der Waals surface area contributed by atoms with E-state index in [1.165, 1.54) is 12.1 Å². The first-order valence-corrected chi connectivity index (χ1v) is 6.68. The SMILES string of the molecule is Fc1cccc(F)c1Nc1cc(Cl)nc(-c2ccccn2)n1. The Morgan fingerprint density at radius 1 is 0.955 bits per heavy atom. The fourth-order valence-corrected chi connectivity index (χ4v) is 2.02. The third-order valence-corrected chi connectivity index (χ3v) is 3.00. The van der Waals surface area contributed by atoms with E-state index in [1.807, 2.05) is 0 Å². The van der Waals surface area contributed by atoms with Gasteiger partial charge in [-0.1, -0.05) is 23.7 Å². The molecule has 0 radical (unpaired) electrons. The van der Waals surface area contributed by atoms with Crippen molar-refractivity contribution in [1.29, 1.82) is 0 Å². The van der Waals surface area contributed by atoms with Crippen LogP contribution in [-0.4, -0.2) is 15.0 Å². The van der Waals surface area contributed by atoms with Crippen LogP contribution in [0.15, 0.2) is 48.7 Å². The first-order chi connectivity index (χ1) is 10.6. The van der Waals surface area contributed by atoms with Crippen molar-refractivity contribution in [1.82, 2.24) is 15.0 Å². The zero-order valence-corrected chi connectivity index (χ0v) is 11.9. The lowest BCUT2D eigenvalue weighted by Crippen LogP contribution is -2.02. The smallest absolute Gasteiger partial charge is 0.181 e. The molecule has 7 heteroatoms. The molecule has 1 N–H and O–H groups in total. The lowest BCUT2D eigenvalue weighted by atomic mass is 10.3. The third kappa shape index (κ3) is 3.01. The Morgan fingerprint density at radius 2 is 1.73 bits per heavy atom. The van der Waals surface area contributed by atoms with E-state index in [0.29, 0.717) is 5.69 Å². The van der Waals surface area contributed by atoms with Crippen LogP contribution in [0.2, 0.25) is 5.15 Å². The van der Waals surface area contributed by atoms with Gasteiger partial charge in [0.05, 0.1) is 0 Å². The van der Waals surface area contributed by atoms with Gasteiger partial charge in [0.2, 0.25) is 0 Å². The summed E-state index contributed by atoms with van der Waals surface area (Å²) in [5.74, 6) is -1.03. The van der Waals surface area contributed by atoms with Gasteiger partial charge in [-0.25, -0.2) is 18.7 Å². The number of rotatable bonds is 3. The topological polar surface area (TPSA) is 50.7 Å². The Labute approximate surface area is 129 Å². The fraction of sp³-hybridized carbons (Fsp3) is 0. The average molecular weight is 319 g/mol. The van der Waals surface area contributed by atoms with Crippen LogP contribution in [-0.2, 0) is 0 Å². The van der Waals surface area contributed by atoms with E-state index >= 15 is 0 Å². The molecule has 2 aromatic heterocycles. The van der Waals surface area contributed by atoms with Gasteiger partial charge in [0.15, 0.2) is 5.82 Å². The van der Waals surface area contributed by atoms with E-state index in [-0.39, 0.29) is 22.5 Å². The first kappa shape index (κ1) is 14.3. The van der Waals surface area contributed by atoms with Crippen LogP contribution >= 0.6 is 11.6 Å². The van der Waals surface area contributed by atoms with Crippen LogP contribution in [0.25, 0.3) is 11.5 Å². The molecular formula is C15H9ClF2N4. The Kier molecular flexibility index (Phi) is 3.93. The molecule has 3 rings (SSSR count). The Morgan fingerprint density at radius 3 is 2.41 bits per heavy atom. The van der Waals surface area contributed by atoms with E-state index < -0.39 is 11.6 Å². The van der Waals surface area contributed by atoms with E-state index in [2.05, 4.69) is 20.3 Å². The van der Waals surface area contributed by atoms with Crippen LogP contribution in [0.3, 0.4) is 0 Å². The second-order valence-electron chi connectivity index (χ2n) is 4.34. The number of nitrogens with zero attached hydrogens (tertiary/aromatic N) is 3. The summed E-state index contributed by atoms with van der Waals surface area (Å²) in [6, 6.07) is 10.2. The summed E-state index contributed by atoms with van der Waals surface area (Å²) in [5, 5.41) is 2.71. The molecule has 2 heterocycles. The molecule has 22 heavy (non-hydrogen) atoms. The van der Waals surface area contributed by atoms with Gasteiger partial charge in [-0.2, -0.15) is 0 Å². The van der Waals surface area contributed by atoms with Gasteiger partial charge in [-0.15, -0.1) is 0 Å². The van der Waals surface area contributed by atoms with Crippen molar-refractivity contribution in [2.45, 2.75) is 0 Å². The van der Waals surface area contributed by atoms with Gasteiger partial charge in [0.1, 0.15) is 34.0 Å². The van der Waals surface area contributed by atoms with Crippen molar-refractivity contribution in [2.24, 2.45) is 0 Å². The number of para-hydroxylation sites is 1. The summed E-state index contributed by atoms with van der Waals surface area (Å²) >= 11 is 5.94. The molecule has 1 aromatic carbocycles. The monoisotopic (exact) mass is 318 g/mol. The van der Waals surface area contributed by atoms with Crippen molar-refractivity contribution in [3.05, 3.63) is 65.4 Å². The summed E-state index contributed by atoms with van der Waals surface area (Å²) in [7, 11) is 0. The quantitative estimate of drug-likeness (QED) is 0.735. The van der Waals surface area contributed by atoms with Crippen LogP contribution in [0.1, 0.15) is 0 Å². The summed E-state index contributed by atoms with van der Waals surface area (Å²) in [5.41, 5.74) is 0.200. The second kappa shape index (κ2) is 6.03.